The number of benzene rings is 2. The number of rotatable bonds is 4. The number of hydrogen-bond donors (Lipinski definition) is 1. The maximum absolute atomic E-state index is 14.0. The number of carbonyl (C=O) groups is 3. The molecule has 174 valence electrons. The molecule has 0 spiro atoms. The van der Waals surface area contributed by atoms with Crippen molar-refractivity contribution in [3.8, 4) is 5.75 Å². The molecular formula is C25H23ClN3O5+. The van der Waals surface area contributed by atoms with Gasteiger partial charge in [0, 0.05) is 22.9 Å². The fourth-order valence-corrected chi connectivity index (χ4v) is 5.29. The Bertz CT molecular complexity index is 1260. The van der Waals surface area contributed by atoms with Crippen LogP contribution in [-0.4, -0.2) is 52.7 Å². The highest BCUT2D eigenvalue weighted by Crippen LogP contribution is 2.39. The van der Waals surface area contributed by atoms with Crippen LogP contribution in [0.3, 0.4) is 0 Å². The summed E-state index contributed by atoms with van der Waals surface area (Å²) in [4.78, 5) is 44.8. The molecule has 0 saturated heterocycles. The molecule has 2 aliphatic heterocycles. The van der Waals surface area contributed by atoms with E-state index in [1.54, 1.807) is 54.3 Å². The molecule has 9 heteroatoms. The number of methoxy groups -OCH3 is 1. The van der Waals surface area contributed by atoms with Gasteiger partial charge in [0.25, 0.3) is 0 Å². The molecule has 0 aromatic heterocycles. The number of para-hydroxylation sites is 1. The number of imide groups is 1. The third-order valence-electron chi connectivity index (χ3n) is 6.76. The summed E-state index contributed by atoms with van der Waals surface area (Å²) in [5.41, 5.74) is 2.18. The molecule has 1 saturated carbocycles. The Balaban J connectivity index is 1.68. The Morgan fingerprint density at radius 1 is 1.15 bits per heavy atom. The van der Waals surface area contributed by atoms with Gasteiger partial charge in [0.05, 0.1) is 13.0 Å². The molecule has 0 radical (unpaired) electrons. The zero-order chi connectivity index (χ0) is 24.0. The second-order valence-corrected chi connectivity index (χ2v) is 9.08. The average molecular weight is 481 g/mol. The number of ether oxygens (including phenoxy) is 1. The highest BCUT2D eigenvalue weighted by molar-refractivity contribution is 6.34. The molecule has 1 aliphatic carbocycles. The predicted molar refractivity (Wildman–Crippen MR) is 127 cm³/mol. The summed E-state index contributed by atoms with van der Waals surface area (Å²) in [5, 5.41) is 9.84. The molecule has 2 aromatic rings. The average Bonchev–Trinajstić information content (AvgIpc) is 2.84. The first-order chi connectivity index (χ1) is 16.4. The van der Waals surface area contributed by atoms with E-state index in [-0.39, 0.29) is 6.04 Å². The van der Waals surface area contributed by atoms with Crippen molar-refractivity contribution in [1.29, 1.82) is 0 Å². The zero-order valence-corrected chi connectivity index (χ0v) is 19.2. The summed E-state index contributed by atoms with van der Waals surface area (Å²) in [6, 6.07) is 11.3. The fraction of sp³-hybridized carbons (Fsp3) is 0.320. The van der Waals surface area contributed by atoms with Crippen molar-refractivity contribution in [2.45, 2.75) is 31.7 Å². The van der Waals surface area contributed by atoms with Crippen LogP contribution in [0.15, 0.2) is 47.5 Å². The summed E-state index contributed by atoms with van der Waals surface area (Å²) in [5.74, 6) is -1.87. The smallest absolute Gasteiger partial charge is 0.494 e. The Morgan fingerprint density at radius 3 is 2.56 bits per heavy atom. The Hall–Kier alpha value is -3.52. The van der Waals surface area contributed by atoms with E-state index in [9.17, 15) is 19.5 Å². The van der Waals surface area contributed by atoms with Gasteiger partial charge in [0.15, 0.2) is 5.92 Å². The van der Waals surface area contributed by atoms with E-state index in [0.29, 0.717) is 59.1 Å². The summed E-state index contributed by atoms with van der Waals surface area (Å²) in [7, 11) is 1.55. The van der Waals surface area contributed by atoms with Crippen molar-refractivity contribution in [3.63, 3.8) is 0 Å². The minimum Gasteiger partial charge on any atom is -0.494 e. The molecule has 3 amide bonds. The summed E-state index contributed by atoms with van der Waals surface area (Å²) in [6.45, 7) is 0. The summed E-state index contributed by atoms with van der Waals surface area (Å²) < 4.78 is 7.14. The molecule has 3 aliphatic rings. The van der Waals surface area contributed by atoms with Crippen molar-refractivity contribution < 1.29 is 28.8 Å². The predicted octanol–water partition coefficient (Wildman–Crippen LogP) is 4.29. The molecular weight excluding hydrogens is 458 g/mol. The van der Waals surface area contributed by atoms with Crippen LogP contribution in [0.2, 0.25) is 5.02 Å². The van der Waals surface area contributed by atoms with Crippen LogP contribution in [0.25, 0.3) is 0 Å². The van der Waals surface area contributed by atoms with E-state index < -0.39 is 29.7 Å². The van der Waals surface area contributed by atoms with Gasteiger partial charge in [-0.1, -0.05) is 23.7 Å². The maximum atomic E-state index is 14.0. The lowest BCUT2D eigenvalue weighted by atomic mass is 9.83. The normalized spacial score (nSPS) is 24.1. The van der Waals surface area contributed by atoms with Gasteiger partial charge in [-0.3, -0.25) is 9.79 Å². The van der Waals surface area contributed by atoms with Crippen molar-refractivity contribution in [3.05, 3.63) is 53.1 Å². The van der Waals surface area contributed by atoms with Crippen molar-refractivity contribution in [1.82, 2.24) is 0 Å². The van der Waals surface area contributed by atoms with Crippen LogP contribution < -0.4 is 9.64 Å². The van der Waals surface area contributed by atoms with Crippen molar-refractivity contribution in [2.24, 2.45) is 16.8 Å². The minimum atomic E-state index is -0.815. The lowest BCUT2D eigenvalue weighted by Crippen LogP contribution is -2.59. The quantitative estimate of drug-likeness (QED) is 0.658. The van der Waals surface area contributed by atoms with Gasteiger partial charge in [-0.2, -0.15) is 9.37 Å². The number of hydrogen-bond acceptors (Lipinski definition) is 5. The van der Waals surface area contributed by atoms with E-state index in [0.717, 1.165) is 4.90 Å². The molecule has 1 atom stereocenters. The second-order valence-electron chi connectivity index (χ2n) is 8.65. The number of anilines is 1. The SMILES string of the molecule is COc1cccc2c1N=CC1C(=O)N(c3cccc(Cl)c3)C(=O)[N+](C3CCC(C(=O)O)CC3)=C21. The summed E-state index contributed by atoms with van der Waals surface area (Å²) in [6.07, 6.45) is 3.53. The van der Waals surface area contributed by atoms with E-state index in [2.05, 4.69) is 4.99 Å². The van der Waals surface area contributed by atoms with Crippen LogP contribution in [0.4, 0.5) is 16.2 Å². The first-order valence-electron chi connectivity index (χ1n) is 11.1. The van der Waals surface area contributed by atoms with Crippen LogP contribution in [0.5, 0.6) is 5.75 Å². The van der Waals surface area contributed by atoms with Gasteiger partial charge in [-0.15, -0.1) is 4.90 Å². The third kappa shape index (κ3) is 3.58. The van der Waals surface area contributed by atoms with Crippen LogP contribution >= 0.6 is 11.6 Å². The number of fused-ring (bicyclic) bond motifs is 3. The van der Waals surface area contributed by atoms with E-state index in [1.807, 2.05) is 6.07 Å². The topological polar surface area (TPSA) is 99.3 Å². The number of amides is 3. The molecule has 8 nitrogen and oxygen atoms in total. The van der Waals surface area contributed by atoms with Crippen LogP contribution in [-0.2, 0) is 9.59 Å². The monoisotopic (exact) mass is 480 g/mol. The number of halogens is 1. The summed E-state index contributed by atoms with van der Waals surface area (Å²) >= 11 is 6.16. The molecule has 1 fully saturated rings. The van der Waals surface area contributed by atoms with Crippen LogP contribution in [0.1, 0.15) is 31.2 Å². The van der Waals surface area contributed by atoms with E-state index in [1.165, 1.54) is 0 Å². The number of aliphatic carboxylic acids is 1. The molecule has 0 bridgehead atoms. The molecule has 34 heavy (non-hydrogen) atoms. The number of carboxylic acids is 1. The number of aliphatic imine (C=N–C) groups is 1. The van der Waals surface area contributed by atoms with E-state index in [4.69, 9.17) is 16.3 Å². The van der Waals surface area contributed by atoms with Gasteiger partial charge < -0.3 is 9.84 Å². The van der Waals surface area contributed by atoms with Crippen LogP contribution in [0, 0.1) is 11.8 Å². The lowest BCUT2D eigenvalue weighted by molar-refractivity contribution is -0.478. The molecule has 5 rings (SSSR count). The number of carbonyl (C=O) groups excluding carboxylic acids is 2. The molecule has 1 unspecified atom stereocenters. The number of carboxylic acid groups (broad SMARTS) is 1. The van der Waals surface area contributed by atoms with E-state index >= 15 is 0 Å². The third-order valence-corrected chi connectivity index (χ3v) is 7.00. The van der Waals surface area contributed by atoms with Crippen molar-refractivity contribution in [2.75, 3.05) is 12.0 Å². The Kier molecular flexibility index (Phi) is 5.69. The standard InChI is InChI=1S/C25H22ClN3O5/c1-34-20-7-3-6-18-21(20)27-13-19-22(18)28(16-10-8-14(9-11-16)24(31)32)25(33)29(23(19)30)17-5-2-4-15(26)12-17/h2-7,12-14,16,19H,8-11H2,1H3/p+1. The zero-order valence-electron chi connectivity index (χ0n) is 18.5. The molecule has 2 heterocycles. The number of urea groups is 1. The van der Waals surface area contributed by atoms with Crippen molar-refractivity contribution >= 4 is 52.8 Å². The Labute approximate surface area is 201 Å². The molecule has 2 aromatic carbocycles. The largest absolute Gasteiger partial charge is 0.506 e. The fourth-order valence-electron chi connectivity index (χ4n) is 5.11. The van der Waals surface area contributed by atoms with Gasteiger partial charge in [0.2, 0.25) is 0 Å². The maximum Gasteiger partial charge on any atom is 0.506 e. The second kappa shape index (κ2) is 8.68. The number of nitrogens with zero attached hydrogens (tertiary/aromatic N) is 3. The van der Waals surface area contributed by atoms with Gasteiger partial charge in [0.1, 0.15) is 28.9 Å². The first kappa shape index (κ1) is 22.3. The minimum absolute atomic E-state index is 0.249. The van der Waals surface area contributed by atoms with Gasteiger partial charge >= 0.3 is 17.9 Å². The molecule has 1 N–H and O–H groups in total. The first-order valence-corrected chi connectivity index (χ1v) is 11.5. The highest BCUT2D eigenvalue weighted by Gasteiger charge is 2.53. The highest BCUT2D eigenvalue weighted by atomic mass is 35.5. The van der Waals surface area contributed by atoms with Gasteiger partial charge in [-0.25, -0.2) is 4.79 Å². The lowest BCUT2D eigenvalue weighted by Gasteiger charge is -2.34. The van der Waals surface area contributed by atoms with Gasteiger partial charge in [-0.05, 0) is 49.9 Å². The Morgan fingerprint density at radius 2 is 1.88 bits per heavy atom.